The molecule has 1 aromatic heterocycles. The third-order valence-corrected chi connectivity index (χ3v) is 3.19. The zero-order valence-corrected chi connectivity index (χ0v) is 11.2. The molecule has 0 saturated carbocycles. The first-order valence-corrected chi connectivity index (χ1v) is 6.43. The minimum absolute atomic E-state index is 0.177. The lowest BCUT2D eigenvalue weighted by atomic mass is 9.93. The predicted molar refractivity (Wildman–Crippen MR) is 73.9 cm³/mol. The highest BCUT2D eigenvalue weighted by Gasteiger charge is 2.20. The molecule has 0 saturated heterocycles. The lowest BCUT2D eigenvalue weighted by molar-refractivity contribution is -0.141. The number of pyridine rings is 1. The van der Waals surface area contributed by atoms with Crippen LogP contribution >= 0.6 is 0 Å². The number of carboxylic acids is 1. The number of nitrogens with zero attached hydrogens (tertiary/aromatic N) is 1. The highest BCUT2D eigenvalue weighted by molar-refractivity contribution is 5.70. The van der Waals surface area contributed by atoms with Crippen LogP contribution in [0, 0.1) is 18.7 Å². The van der Waals surface area contributed by atoms with Crippen LogP contribution in [0.5, 0.6) is 0 Å². The van der Waals surface area contributed by atoms with E-state index in [1.54, 1.807) is 30.6 Å². The van der Waals surface area contributed by atoms with Gasteiger partial charge in [0.2, 0.25) is 0 Å². The number of benzene rings is 1. The molecule has 0 bridgehead atoms. The van der Waals surface area contributed by atoms with E-state index in [1.807, 2.05) is 13.0 Å². The summed E-state index contributed by atoms with van der Waals surface area (Å²) in [5.74, 6) is -1.94. The maximum atomic E-state index is 13.6. The number of hydrogen-bond acceptors (Lipinski definition) is 2. The van der Waals surface area contributed by atoms with E-state index in [0.29, 0.717) is 12.0 Å². The molecule has 4 heteroatoms. The average Bonchev–Trinajstić information content (AvgIpc) is 2.40. The molecule has 0 radical (unpaired) electrons. The van der Waals surface area contributed by atoms with Gasteiger partial charge in [0.1, 0.15) is 5.82 Å². The van der Waals surface area contributed by atoms with Crippen LogP contribution in [-0.4, -0.2) is 16.1 Å². The Kier molecular flexibility index (Phi) is 4.45. The molecular weight excluding hydrogens is 257 g/mol. The summed E-state index contributed by atoms with van der Waals surface area (Å²) < 4.78 is 13.6. The molecule has 0 fully saturated rings. The molecule has 1 aromatic carbocycles. The summed E-state index contributed by atoms with van der Waals surface area (Å²) in [5.41, 5.74) is 2.27. The van der Waals surface area contributed by atoms with Crippen molar-refractivity contribution in [1.82, 2.24) is 4.98 Å². The topological polar surface area (TPSA) is 50.2 Å². The number of halogens is 1. The monoisotopic (exact) mass is 273 g/mol. The summed E-state index contributed by atoms with van der Waals surface area (Å²) in [4.78, 5) is 15.4. The minimum atomic E-state index is -0.922. The van der Waals surface area contributed by atoms with Gasteiger partial charge in [-0.2, -0.15) is 0 Å². The Hall–Kier alpha value is -2.23. The Bertz CT molecular complexity index is 613. The summed E-state index contributed by atoms with van der Waals surface area (Å²) in [6.45, 7) is 1.91. The van der Waals surface area contributed by atoms with Gasteiger partial charge in [-0.25, -0.2) is 4.39 Å². The Morgan fingerprint density at radius 2 is 2.05 bits per heavy atom. The van der Waals surface area contributed by atoms with Gasteiger partial charge in [0.15, 0.2) is 0 Å². The first-order chi connectivity index (χ1) is 9.56. The third kappa shape index (κ3) is 3.63. The van der Waals surface area contributed by atoms with Crippen LogP contribution in [0.1, 0.15) is 16.7 Å². The second-order valence-electron chi connectivity index (χ2n) is 4.91. The Morgan fingerprint density at radius 3 is 2.70 bits per heavy atom. The average molecular weight is 273 g/mol. The van der Waals surface area contributed by atoms with Crippen molar-refractivity contribution in [2.45, 2.75) is 19.8 Å². The highest BCUT2D eigenvalue weighted by atomic mass is 19.1. The normalized spacial score (nSPS) is 12.1. The fraction of sp³-hybridized carbons (Fsp3) is 0.250. The van der Waals surface area contributed by atoms with E-state index >= 15 is 0 Å². The van der Waals surface area contributed by atoms with Crippen LogP contribution < -0.4 is 0 Å². The van der Waals surface area contributed by atoms with Crippen LogP contribution in [0.25, 0.3) is 0 Å². The van der Waals surface area contributed by atoms with Crippen LogP contribution in [0.4, 0.5) is 4.39 Å². The molecule has 2 aromatic rings. The summed E-state index contributed by atoms with van der Waals surface area (Å²) >= 11 is 0. The number of carbonyl (C=O) groups is 1. The van der Waals surface area contributed by atoms with E-state index < -0.39 is 11.9 Å². The zero-order chi connectivity index (χ0) is 14.5. The second kappa shape index (κ2) is 6.28. The lowest BCUT2D eigenvalue weighted by Crippen LogP contribution is -2.20. The molecule has 1 N–H and O–H groups in total. The van der Waals surface area contributed by atoms with Crippen molar-refractivity contribution in [3.63, 3.8) is 0 Å². The summed E-state index contributed by atoms with van der Waals surface area (Å²) in [6.07, 6.45) is 3.90. The van der Waals surface area contributed by atoms with Crippen molar-refractivity contribution in [1.29, 1.82) is 0 Å². The molecule has 3 nitrogen and oxygen atoms in total. The zero-order valence-electron chi connectivity index (χ0n) is 11.2. The van der Waals surface area contributed by atoms with Crippen molar-refractivity contribution >= 4 is 5.97 Å². The van der Waals surface area contributed by atoms with E-state index in [4.69, 9.17) is 0 Å². The molecule has 1 atom stereocenters. The van der Waals surface area contributed by atoms with E-state index in [0.717, 1.165) is 11.1 Å². The van der Waals surface area contributed by atoms with Gasteiger partial charge in [0.05, 0.1) is 5.92 Å². The number of aromatic nitrogens is 1. The van der Waals surface area contributed by atoms with E-state index in [-0.39, 0.29) is 12.2 Å². The molecule has 104 valence electrons. The number of carboxylic acid groups (broad SMARTS) is 1. The van der Waals surface area contributed by atoms with Crippen LogP contribution in [0.15, 0.2) is 42.7 Å². The van der Waals surface area contributed by atoms with E-state index in [2.05, 4.69) is 4.98 Å². The molecule has 1 heterocycles. The van der Waals surface area contributed by atoms with E-state index in [9.17, 15) is 14.3 Å². The van der Waals surface area contributed by atoms with Gasteiger partial charge in [-0.05, 0) is 42.5 Å². The first kappa shape index (κ1) is 14.2. The molecule has 0 aliphatic heterocycles. The molecule has 2 rings (SSSR count). The van der Waals surface area contributed by atoms with Crippen LogP contribution in [0.3, 0.4) is 0 Å². The number of hydrogen-bond donors (Lipinski definition) is 1. The summed E-state index contributed by atoms with van der Waals surface area (Å²) in [6, 6.07) is 8.19. The van der Waals surface area contributed by atoms with Gasteiger partial charge in [0.25, 0.3) is 0 Å². The van der Waals surface area contributed by atoms with Crippen molar-refractivity contribution in [3.05, 3.63) is 65.2 Å². The lowest BCUT2D eigenvalue weighted by Gasteiger charge is -2.13. The number of aliphatic carboxylic acids is 1. The van der Waals surface area contributed by atoms with Crippen LogP contribution in [-0.2, 0) is 17.6 Å². The van der Waals surface area contributed by atoms with Gasteiger partial charge < -0.3 is 5.11 Å². The van der Waals surface area contributed by atoms with Crippen molar-refractivity contribution in [2.24, 2.45) is 5.92 Å². The van der Waals surface area contributed by atoms with E-state index in [1.165, 1.54) is 6.07 Å². The van der Waals surface area contributed by atoms with Gasteiger partial charge in [-0.1, -0.05) is 24.3 Å². The second-order valence-corrected chi connectivity index (χ2v) is 4.91. The summed E-state index contributed by atoms with van der Waals surface area (Å²) in [7, 11) is 0. The smallest absolute Gasteiger partial charge is 0.307 e. The predicted octanol–water partition coefficient (Wildman–Crippen LogP) is 3.02. The molecule has 1 unspecified atom stereocenters. The summed E-state index contributed by atoms with van der Waals surface area (Å²) in [5, 5.41) is 9.31. The fourth-order valence-electron chi connectivity index (χ4n) is 2.19. The number of aryl methyl sites for hydroxylation is 1. The van der Waals surface area contributed by atoms with Crippen molar-refractivity contribution < 1.29 is 14.3 Å². The number of rotatable bonds is 5. The Labute approximate surface area is 117 Å². The molecule has 0 aliphatic rings. The Balaban J connectivity index is 2.16. The van der Waals surface area contributed by atoms with Crippen LogP contribution in [0.2, 0.25) is 0 Å². The largest absolute Gasteiger partial charge is 0.481 e. The highest BCUT2D eigenvalue weighted by Crippen LogP contribution is 2.17. The first-order valence-electron chi connectivity index (χ1n) is 6.43. The van der Waals surface area contributed by atoms with Gasteiger partial charge in [0, 0.05) is 12.4 Å². The third-order valence-electron chi connectivity index (χ3n) is 3.19. The molecule has 20 heavy (non-hydrogen) atoms. The van der Waals surface area contributed by atoms with Gasteiger partial charge in [-0.15, -0.1) is 0 Å². The maximum absolute atomic E-state index is 13.6. The minimum Gasteiger partial charge on any atom is -0.481 e. The molecule has 0 aliphatic carbocycles. The molecular formula is C16H16FNO2. The van der Waals surface area contributed by atoms with Gasteiger partial charge in [-0.3, -0.25) is 9.78 Å². The Morgan fingerprint density at radius 1 is 1.30 bits per heavy atom. The van der Waals surface area contributed by atoms with Gasteiger partial charge >= 0.3 is 5.97 Å². The fourth-order valence-corrected chi connectivity index (χ4v) is 2.19. The molecule has 0 amide bonds. The SMILES string of the molecule is Cc1cncc(CC(Cc2ccccc2F)C(=O)O)c1. The molecule has 0 spiro atoms. The van der Waals surface area contributed by atoms with Crippen molar-refractivity contribution in [3.8, 4) is 0 Å². The maximum Gasteiger partial charge on any atom is 0.307 e. The standard InChI is InChI=1S/C16H16FNO2/c1-11-6-12(10-18-9-11)7-14(16(19)20)8-13-4-2-3-5-15(13)17/h2-6,9-10,14H,7-8H2,1H3,(H,19,20). The van der Waals surface area contributed by atoms with Crippen molar-refractivity contribution in [2.75, 3.05) is 0 Å². The quantitative estimate of drug-likeness (QED) is 0.911.